The van der Waals surface area contributed by atoms with Crippen LogP contribution in [0.4, 0.5) is 0 Å². The van der Waals surface area contributed by atoms with Crippen molar-refractivity contribution < 1.29 is 52.0 Å². The van der Waals surface area contributed by atoms with Gasteiger partial charge in [-0.2, -0.15) is 0 Å². The number of methoxy groups -OCH3 is 6. The minimum absolute atomic E-state index is 0.00369. The third-order valence-corrected chi connectivity index (χ3v) is 15.5. The molecule has 0 aliphatic carbocycles. The Bertz CT molecular complexity index is 1440. The first-order valence-electron chi connectivity index (χ1n) is 17.6. The number of carbonyl (C=O) groups is 3. The molecule has 3 aromatic carbocycles. The summed E-state index contributed by atoms with van der Waals surface area (Å²) < 4.78 is 51.3. The van der Waals surface area contributed by atoms with E-state index in [0.717, 1.165) is 25.7 Å². The van der Waals surface area contributed by atoms with Crippen LogP contribution >= 0.6 is 0 Å². The van der Waals surface area contributed by atoms with Crippen LogP contribution in [0.15, 0.2) is 54.6 Å². The summed E-state index contributed by atoms with van der Waals surface area (Å²) >= 11 is -5.72. The van der Waals surface area contributed by atoms with Gasteiger partial charge in [0.25, 0.3) is 0 Å². The predicted octanol–water partition coefficient (Wildman–Crippen LogP) is 8.47. The van der Waals surface area contributed by atoms with Gasteiger partial charge in [0, 0.05) is 0 Å². The molecule has 0 unspecified atom stereocenters. The van der Waals surface area contributed by atoms with Crippen LogP contribution in [0.25, 0.3) is 0 Å². The quantitative estimate of drug-likeness (QED) is 0.0671. The summed E-state index contributed by atoms with van der Waals surface area (Å²) in [5.74, 6) is -1.56. The van der Waals surface area contributed by atoms with Crippen molar-refractivity contribution in [1.29, 1.82) is 0 Å². The van der Waals surface area contributed by atoms with Crippen molar-refractivity contribution >= 4 is 37.5 Å². The molecule has 12 nitrogen and oxygen atoms in total. The first-order chi connectivity index (χ1) is 25.2. The molecule has 0 fully saturated rings. The summed E-state index contributed by atoms with van der Waals surface area (Å²) in [6, 6.07) is 14.1. The summed E-state index contributed by atoms with van der Waals surface area (Å²) in [7, 11) is 8.48. The molecular weight excluding hydrogens is 779 g/mol. The summed E-state index contributed by atoms with van der Waals surface area (Å²) in [6.45, 7) is 2.20. The van der Waals surface area contributed by atoms with Crippen LogP contribution in [0.1, 0.15) is 102 Å². The summed E-state index contributed by atoms with van der Waals surface area (Å²) in [4.78, 5) is 42.3. The van der Waals surface area contributed by atoms with Crippen molar-refractivity contribution in [3.8, 4) is 34.5 Å². The molecule has 0 radical (unpaired) electrons. The molecule has 0 saturated heterocycles. The number of hydrogen-bond acceptors (Lipinski definition) is 12. The van der Waals surface area contributed by atoms with Crippen molar-refractivity contribution in [2.45, 2.75) is 75.6 Å². The molecule has 0 aromatic heterocycles. The van der Waals surface area contributed by atoms with Gasteiger partial charge < -0.3 is 0 Å². The number of hydrogen-bond donors (Lipinski definition) is 0. The summed E-state index contributed by atoms with van der Waals surface area (Å²) in [5.41, 5.74) is -0.0111. The molecule has 52 heavy (non-hydrogen) atoms. The SMILES string of the molecule is CCCCCCCCCCC[CH2][Sn]([O]C(=O)c1cccc(OC)c1OC)([O]C(=O)c1cccc(OC)c1OC)[O]C(=O)c1cccc(OC)c1OC. The van der Waals surface area contributed by atoms with E-state index in [-0.39, 0.29) is 55.6 Å². The van der Waals surface area contributed by atoms with E-state index in [1.165, 1.54) is 93.0 Å². The van der Waals surface area contributed by atoms with Crippen molar-refractivity contribution in [3.63, 3.8) is 0 Å². The van der Waals surface area contributed by atoms with E-state index in [4.69, 9.17) is 37.6 Å². The fourth-order valence-corrected chi connectivity index (χ4v) is 12.3. The molecule has 0 heterocycles. The molecule has 284 valence electrons. The molecule has 3 aromatic rings. The predicted molar refractivity (Wildman–Crippen MR) is 197 cm³/mol. The number of para-hydroxylation sites is 3. The molecule has 3 rings (SSSR count). The third-order valence-electron chi connectivity index (χ3n) is 8.45. The second-order valence-electron chi connectivity index (χ2n) is 11.9. The van der Waals surface area contributed by atoms with Gasteiger partial charge in [-0.15, -0.1) is 0 Å². The Morgan fingerprint density at radius 2 is 0.750 bits per heavy atom. The number of carbonyl (C=O) groups excluding carboxylic acids is 3. The Labute approximate surface area is 312 Å². The Hall–Kier alpha value is -4.33. The van der Waals surface area contributed by atoms with E-state index in [2.05, 4.69) is 6.92 Å². The van der Waals surface area contributed by atoms with Crippen LogP contribution in [0.5, 0.6) is 34.5 Å². The van der Waals surface area contributed by atoms with Gasteiger partial charge in [-0.05, 0) is 0 Å². The Morgan fingerprint density at radius 1 is 0.442 bits per heavy atom. The van der Waals surface area contributed by atoms with Gasteiger partial charge in [0.1, 0.15) is 0 Å². The van der Waals surface area contributed by atoms with Crippen molar-refractivity contribution in [3.05, 3.63) is 71.3 Å². The van der Waals surface area contributed by atoms with E-state index in [1.807, 2.05) is 0 Å². The first-order valence-corrected chi connectivity index (χ1v) is 23.1. The normalized spacial score (nSPS) is 10.9. The molecule has 0 bridgehead atoms. The van der Waals surface area contributed by atoms with Gasteiger partial charge >= 0.3 is 314 Å². The molecule has 0 N–H and O–H groups in total. The second-order valence-corrected chi connectivity index (χ2v) is 19.0. The number of benzene rings is 3. The fraction of sp³-hybridized carbons (Fsp3) is 0.462. The average Bonchev–Trinajstić information content (AvgIpc) is 3.17. The van der Waals surface area contributed by atoms with Crippen molar-refractivity contribution in [2.24, 2.45) is 0 Å². The maximum atomic E-state index is 14.1. The number of unbranched alkanes of at least 4 members (excludes halogenated alkanes) is 9. The van der Waals surface area contributed by atoms with Crippen LogP contribution in [0, 0.1) is 0 Å². The average molecular weight is 832 g/mol. The zero-order valence-corrected chi connectivity index (χ0v) is 34.2. The van der Waals surface area contributed by atoms with Crippen LogP contribution in [-0.2, 0) is 9.22 Å². The van der Waals surface area contributed by atoms with Gasteiger partial charge in [0.15, 0.2) is 0 Å². The standard InChI is InChI=1S/C12H25.3C9H10O4.Sn/c1-3-5-7-9-11-12-10-8-6-4-2;3*1-12-7-5-3-4-6(9(10)11)8(7)13-2;/h1,3-12H2,2H3;3*3-5H,1-2H3,(H,10,11);/q;;;;+3/p-3. The van der Waals surface area contributed by atoms with Gasteiger partial charge in [-0.1, -0.05) is 0 Å². The van der Waals surface area contributed by atoms with Crippen LogP contribution in [0.2, 0.25) is 4.44 Å². The Morgan fingerprint density at radius 3 is 1.04 bits per heavy atom. The van der Waals surface area contributed by atoms with Crippen LogP contribution < -0.4 is 28.4 Å². The summed E-state index contributed by atoms with van der Waals surface area (Å²) in [6.07, 6.45) is 10.3. The second kappa shape index (κ2) is 21.9. The van der Waals surface area contributed by atoms with Gasteiger partial charge in [-0.25, -0.2) is 0 Å². The van der Waals surface area contributed by atoms with Gasteiger partial charge in [0.2, 0.25) is 0 Å². The van der Waals surface area contributed by atoms with E-state index in [1.54, 1.807) is 36.4 Å². The van der Waals surface area contributed by atoms with Crippen molar-refractivity contribution in [2.75, 3.05) is 42.7 Å². The van der Waals surface area contributed by atoms with E-state index >= 15 is 0 Å². The first kappa shape index (κ1) is 42.1. The zero-order chi connectivity index (χ0) is 37.9. The van der Waals surface area contributed by atoms with E-state index in [0.29, 0.717) is 6.42 Å². The molecule has 0 atom stereocenters. The molecule has 0 spiro atoms. The van der Waals surface area contributed by atoms with E-state index < -0.39 is 37.5 Å². The van der Waals surface area contributed by atoms with Gasteiger partial charge in [0.05, 0.1) is 0 Å². The zero-order valence-electron chi connectivity index (χ0n) is 31.4. The fourth-order valence-electron chi connectivity index (χ4n) is 5.78. The number of rotatable bonds is 23. The third kappa shape index (κ3) is 11.3. The maximum absolute atomic E-state index is 14.1. The monoisotopic (exact) mass is 832 g/mol. The van der Waals surface area contributed by atoms with Crippen molar-refractivity contribution in [1.82, 2.24) is 0 Å². The molecule has 0 amide bonds. The molecule has 0 saturated carbocycles. The molecule has 0 aliphatic rings. The van der Waals surface area contributed by atoms with Crippen LogP contribution in [0.3, 0.4) is 0 Å². The van der Waals surface area contributed by atoms with Crippen LogP contribution in [-0.4, -0.2) is 80.2 Å². The van der Waals surface area contributed by atoms with E-state index in [9.17, 15) is 14.4 Å². The minimum atomic E-state index is -5.72. The molecule has 0 aliphatic heterocycles. The molecular formula is C39H52O12Sn. The van der Waals surface area contributed by atoms with Gasteiger partial charge in [-0.3, -0.25) is 0 Å². The Kier molecular flexibility index (Phi) is 17.7. The molecule has 13 heteroatoms. The Balaban J connectivity index is 2.07. The summed E-state index contributed by atoms with van der Waals surface area (Å²) in [5, 5.41) is 0. The topological polar surface area (TPSA) is 134 Å². The number of ether oxygens (including phenoxy) is 6.